The number of ether oxygens (including phenoxy) is 1. The first-order valence-electron chi connectivity index (χ1n) is 8.64. The second kappa shape index (κ2) is 8.44. The molecule has 0 radical (unpaired) electrons. The van der Waals surface area contributed by atoms with Gasteiger partial charge < -0.3 is 15.4 Å². The number of aryl methyl sites for hydroxylation is 1. The number of amides is 2. The van der Waals surface area contributed by atoms with Crippen molar-refractivity contribution in [1.29, 1.82) is 0 Å². The first kappa shape index (κ1) is 20.8. The summed E-state index contributed by atoms with van der Waals surface area (Å²) in [7, 11) is 1.50. The van der Waals surface area contributed by atoms with Crippen molar-refractivity contribution in [2.24, 2.45) is 0 Å². The van der Waals surface area contributed by atoms with Crippen molar-refractivity contribution in [3.63, 3.8) is 0 Å². The number of carbonyl (C=O) groups is 2. The van der Waals surface area contributed by atoms with E-state index in [9.17, 15) is 9.59 Å². The smallest absolute Gasteiger partial charge is 0.251 e. The number of hydrogen-bond acceptors (Lipinski definition) is 3. The van der Waals surface area contributed by atoms with Crippen LogP contribution >= 0.6 is 11.6 Å². The van der Waals surface area contributed by atoms with E-state index in [0.29, 0.717) is 22.0 Å². The molecule has 0 aliphatic rings. The highest BCUT2D eigenvalue weighted by atomic mass is 35.5. The molecule has 0 spiro atoms. The Kier molecular flexibility index (Phi) is 6.50. The molecular weight excluding hydrogens is 364 g/mol. The van der Waals surface area contributed by atoms with Crippen molar-refractivity contribution in [1.82, 2.24) is 5.32 Å². The highest BCUT2D eigenvalue weighted by molar-refractivity contribution is 6.31. The maximum absolute atomic E-state index is 12.3. The summed E-state index contributed by atoms with van der Waals surface area (Å²) in [6.45, 7) is 8.02. The number of carbonyl (C=O) groups excluding carboxylic acids is 2. The first-order chi connectivity index (χ1) is 12.6. The minimum atomic E-state index is -0.352. The molecule has 0 atom stereocenters. The predicted molar refractivity (Wildman–Crippen MR) is 109 cm³/mol. The summed E-state index contributed by atoms with van der Waals surface area (Å²) in [5.74, 6) is -0.192. The molecule has 0 aromatic heterocycles. The highest BCUT2D eigenvalue weighted by Gasteiger charge is 2.15. The molecule has 0 saturated carbocycles. The van der Waals surface area contributed by atoms with Crippen LogP contribution in [0.2, 0.25) is 5.02 Å². The first-order valence-corrected chi connectivity index (χ1v) is 9.02. The second-order valence-electron chi connectivity index (χ2n) is 7.36. The molecule has 2 aromatic carbocycles. The van der Waals surface area contributed by atoms with E-state index in [0.717, 1.165) is 11.1 Å². The number of benzene rings is 2. The molecule has 6 heteroatoms. The lowest BCUT2D eigenvalue weighted by Crippen LogP contribution is -2.33. The van der Waals surface area contributed by atoms with Crippen LogP contribution in [0, 0.1) is 6.92 Å². The second-order valence-corrected chi connectivity index (χ2v) is 7.77. The standard InChI is InChI=1S/C21H25ClN2O3/c1-13-10-17(18(27-5)11-16(13)22)24-19(25)12-23-20(26)14-6-8-15(9-7-14)21(2,3)4/h6-11H,12H2,1-5H3,(H,23,26)(H,24,25). The summed E-state index contributed by atoms with van der Waals surface area (Å²) < 4.78 is 5.23. The quantitative estimate of drug-likeness (QED) is 0.801. The molecule has 27 heavy (non-hydrogen) atoms. The molecule has 0 saturated heterocycles. The molecule has 2 rings (SSSR count). The highest BCUT2D eigenvalue weighted by Crippen LogP contribution is 2.30. The van der Waals surface area contributed by atoms with E-state index in [4.69, 9.17) is 16.3 Å². The minimum absolute atomic E-state index is 0.0185. The summed E-state index contributed by atoms with van der Waals surface area (Å²) >= 11 is 6.06. The SMILES string of the molecule is COc1cc(Cl)c(C)cc1NC(=O)CNC(=O)c1ccc(C(C)(C)C)cc1. The molecule has 5 nitrogen and oxygen atoms in total. The van der Waals surface area contributed by atoms with Gasteiger partial charge in [0, 0.05) is 16.7 Å². The summed E-state index contributed by atoms with van der Waals surface area (Å²) in [4.78, 5) is 24.4. The molecule has 2 aromatic rings. The van der Waals surface area contributed by atoms with Crippen LogP contribution in [0.3, 0.4) is 0 Å². The van der Waals surface area contributed by atoms with Gasteiger partial charge in [0.2, 0.25) is 5.91 Å². The third kappa shape index (κ3) is 5.47. The van der Waals surface area contributed by atoms with Gasteiger partial charge >= 0.3 is 0 Å². The summed E-state index contributed by atoms with van der Waals surface area (Å²) in [6, 6.07) is 10.7. The van der Waals surface area contributed by atoms with Crippen molar-refractivity contribution in [3.8, 4) is 5.75 Å². The number of methoxy groups -OCH3 is 1. The fourth-order valence-electron chi connectivity index (χ4n) is 2.51. The zero-order valence-electron chi connectivity index (χ0n) is 16.3. The Morgan fingerprint density at radius 1 is 1.11 bits per heavy atom. The Labute approximate surface area is 165 Å². The van der Waals surface area contributed by atoms with Crippen molar-refractivity contribution in [3.05, 3.63) is 58.1 Å². The predicted octanol–water partition coefficient (Wildman–Crippen LogP) is 4.32. The van der Waals surface area contributed by atoms with E-state index in [1.807, 2.05) is 19.1 Å². The van der Waals surface area contributed by atoms with E-state index in [2.05, 4.69) is 31.4 Å². The van der Waals surface area contributed by atoms with Gasteiger partial charge in [0.05, 0.1) is 19.3 Å². The number of nitrogens with one attached hydrogen (secondary N) is 2. The minimum Gasteiger partial charge on any atom is -0.495 e. The molecule has 0 unspecified atom stereocenters. The van der Waals surface area contributed by atoms with E-state index in [-0.39, 0.29) is 23.8 Å². The van der Waals surface area contributed by atoms with Crippen LogP contribution in [-0.4, -0.2) is 25.5 Å². The Balaban J connectivity index is 1.97. The summed E-state index contributed by atoms with van der Waals surface area (Å²) in [5, 5.41) is 5.90. The number of hydrogen-bond donors (Lipinski definition) is 2. The Morgan fingerprint density at radius 2 is 1.74 bits per heavy atom. The average Bonchev–Trinajstić information content (AvgIpc) is 2.62. The molecule has 0 aliphatic heterocycles. The van der Waals surface area contributed by atoms with Gasteiger partial charge in [0.25, 0.3) is 5.91 Å². The van der Waals surface area contributed by atoms with Crippen LogP contribution in [0.1, 0.15) is 42.3 Å². The van der Waals surface area contributed by atoms with Gasteiger partial charge in [-0.05, 0) is 41.7 Å². The Bertz CT molecular complexity index is 840. The normalized spacial score (nSPS) is 11.0. The van der Waals surface area contributed by atoms with Gasteiger partial charge in [-0.15, -0.1) is 0 Å². The number of anilines is 1. The summed E-state index contributed by atoms with van der Waals surface area (Å²) in [6.07, 6.45) is 0. The zero-order chi connectivity index (χ0) is 20.2. The van der Waals surface area contributed by atoms with Crippen LogP contribution < -0.4 is 15.4 Å². The molecule has 0 heterocycles. The largest absolute Gasteiger partial charge is 0.495 e. The monoisotopic (exact) mass is 388 g/mol. The molecule has 0 fully saturated rings. The van der Waals surface area contributed by atoms with Gasteiger partial charge in [-0.2, -0.15) is 0 Å². The van der Waals surface area contributed by atoms with E-state index >= 15 is 0 Å². The number of halogens is 1. The van der Waals surface area contributed by atoms with Gasteiger partial charge in [-0.3, -0.25) is 9.59 Å². The van der Waals surface area contributed by atoms with Crippen LogP contribution in [0.15, 0.2) is 36.4 Å². The maximum Gasteiger partial charge on any atom is 0.251 e. The zero-order valence-corrected chi connectivity index (χ0v) is 17.0. The molecule has 2 amide bonds. The van der Waals surface area contributed by atoms with Gasteiger partial charge in [0.15, 0.2) is 0 Å². The number of rotatable bonds is 5. The van der Waals surface area contributed by atoms with E-state index in [1.54, 1.807) is 24.3 Å². The third-order valence-electron chi connectivity index (χ3n) is 4.18. The van der Waals surface area contributed by atoms with Crippen LogP contribution in [0.4, 0.5) is 5.69 Å². The van der Waals surface area contributed by atoms with Crippen LogP contribution in [-0.2, 0) is 10.2 Å². The van der Waals surface area contributed by atoms with Gasteiger partial charge in [0.1, 0.15) is 5.75 Å². The van der Waals surface area contributed by atoms with Crippen molar-refractivity contribution in [2.45, 2.75) is 33.1 Å². The lowest BCUT2D eigenvalue weighted by molar-refractivity contribution is -0.115. The van der Waals surface area contributed by atoms with Crippen molar-refractivity contribution >= 4 is 29.1 Å². The molecular formula is C21H25ClN2O3. The topological polar surface area (TPSA) is 67.4 Å². The summed E-state index contributed by atoms with van der Waals surface area (Å²) in [5.41, 5.74) is 2.99. The fraction of sp³-hybridized carbons (Fsp3) is 0.333. The third-order valence-corrected chi connectivity index (χ3v) is 4.58. The Hall–Kier alpha value is -2.53. The van der Waals surface area contributed by atoms with Crippen molar-refractivity contribution < 1.29 is 14.3 Å². The maximum atomic E-state index is 12.3. The van der Waals surface area contributed by atoms with Crippen molar-refractivity contribution in [2.75, 3.05) is 19.0 Å². The fourth-order valence-corrected chi connectivity index (χ4v) is 2.66. The average molecular weight is 389 g/mol. The van der Waals surface area contributed by atoms with E-state index in [1.165, 1.54) is 7.11 Å². The lowest BCUT2D eigenvalue weighted by Gasteiger charge is -2.19. The van der Waals surface area contributed by atoms with Gasteiger partial charge in [-0.1, -0.05) is 44.5 Å². The lowest BCUT2D eigenvalue weighted by atomic mass is 9.87. The Morgan fingerprint density at radius 3 is 2.30 bits per heavy atom. The van der Waals surface area contributed by atoms with E-state index < -0.39 is 0 Å². The van der Waals surface area contributed by atoms with Gasteiger partial charge in [-0.25, -0.2) is 0 Å². The molecule has 0 bridgehead atoms. The molecule has 2 N–H and O–H groups in total. The molecule has 144 valence electrons. The van der Waals surface area contributed by atoms with Crippen LogP contribution in [0.5, 0.6) is 5.75 Å². The molecule has 0 aliphatic carbocycles. The van der Waals surface area contributed by atoms with Crippen LogP contribution in [0.25, 0.3) is 0 Å².